The maximum atomic E-state index is 3.27. The minimum absolute atomic E-state index is 1.01. The first-order valence-electron chi connectivity index (χ1n) is 6.77. The number of benzene rings is 2. The molecule has 2 nitrogen and oxygen atoms in total. The number of hydrogen-bond acceptors (Lipinski definition) is 2. The molecule has 0 fully saturated rings. The lowest BCUT2D eigenvalue weighted by Gasteiger charge is -2.13. The van der Waals surface area contributed by atoms with Gasteiger partial charge in [-0.2, -0.15) is 0 Å². The number of likely N-dealkylation sites (N-methyl/N-ethyl adjacent to an activating group) is 1. The molecular formula is C17H22N2. The third-order valence-electron chi connectivity index (χ3n) is 3.45. The summed E-state index contributed by atoms with van der Waals surface area (Å²) in [5, 5.41) is 6.47. The van der Waals surface area contributed by atoms with Gasteiger partial charge in [-0.15, -0.1) is 0 Å². The standard InChI is InChI=1S/C17H22N2/c1-13-8-9-14(10-11-18-2)12-16(13)15-6-4-5-7-17(15)19-3/h4-9,12,18-19H,10-11H2,1-3H3. The van der Waals surface area contributed by atoms with E-state index in [-0.39, 0.29) is 0 Å². The van der Waals surface area contributed by atoms with Crippen molar-refractivity contribution in [3.05, 3.63) is 53.6 Å². The molecule has 2 rings (SSSR count). The largest absolute Gasteiger partial charge is 0.388 e. The van der Waals surface area contributed by atoms with Crippen LogP contribution in [0.4, 0.5) is 5.69 Å². The summed E-state index contributed by atoms with van der Waals surface area (Å²) in [4.78, 5) is 0. The molecule has 100 valence electrons. The van der Waals surface area contributed by atoms with Crippen LogP contribution in [-0.2, 0) is 6.42 Å². The summed E-state index contributed by atoms with van der Waals surface area (Å²) in [5.41, 5.74) is 6.46. The van der Waals surface area contributed by atoms with E-state index in [1.54, 1.807) is 0 Å². The van der Waals surface area contributed by atoms with Gasteiger partial charge in [0, 0.05) is 18.3 Å². The van der Waals surface area contributed by atoms with E-state index in [9.17, 15) is 0 Å². The highest BCUT2D eigenvalue weighted by atomic mass is 14.8. The molecule has 0 aliphatic heterocycles. The van der Waals surface area contributed by atoms with Crippen LogP contribution >= 0.6 is 0 Å². The first-order chi connectivity index (χ1) is 9.26. The van der Waals surface area contributed by atoms with Gasteiger partial charge in [-0.3, -0.25) is 0 Å². The van der Waals surface area contributed by atoms with Gasteiger partial charge in [-0.05, 0) is 49.7 Å². The van der Waals surface area contributed by atoms with E-state index >= 15 is 0 Å². The van der Waals surface area contributed by atoms with E-state index in [1.165, 1.54) is 27.9 Å². The quantitative estimate of drug-likeness (QED) is 0.853. The zero-order valence-corrected chi connectivity index (χ0v) is 12.0. The summed E-state index contributed by atoms with van der Waals surface area (Å²) in [5.74, 6) is 0. The van der Waals surface area contributed by atoms with Crippen LogP contribution in [0.1, 0.15) is 11.1 Å². The average Bonchev–Trinajstić information content (AvgIpc) is 2.46. The van der Waals surface area contributed by atoms with E-state index in [1.807, 2.05) is 14.1 Å². The summed E-state index contributed by atoms with van der Waals surface area (Å²) in [6.45, 7) is 3.18. The maximum absolute atomic E-state index is 3.27. The van der Waals surface area contributed by atoms with Crippen LogP contribution in [0.5, 0.6) is 0 Å². The van der Waals surface area contributed by atoms with Gasteiger partial charge in [0.2, 0.25) is 0 Å². The minimum Gasteiger partial charge on any atom is -0.388 e. The lowest BCUT2D eigenvalue weighted by Crippen LogP contribution is -2.10. The molecule has 0 saturated carbocycles. The van der Waals surface area contributed by atoms with Crippen LogP contribution in [-0.4, -0.2) is 20.6 Å². The van der Waals surface area contributed by atoms with Gasteiger partial charge in [0.1, 0.15) is 0 Å². The SMILES string of the molecule is CNCCc1ccc(C)c(-c2ccccc2NC)c1. The Kier molecular flexibility index (Phi) is 4.58. The molecule has 0 atom stereocenters. The Labute approximate surface area is 115 Å². The predicted molar refractivity (Wildman–Crippen MR) is 83.8 cm³/mol. The van der Waals surface area contributed by atoms with Gasteiger partial charge in [-0.25, -0.2) is 0 Å². The van der Waals surface area contributed by atoms with E-state index in [2.05, 4.69) is 60.0 Å². The van der Waals surface area contributed by atoms with Crippen molar-refractivity contribution in [3.8, 4) is 11.1 Å². The number of hydrogen-bond donors (Lipinski definition) is 2. The summed E-state index contributed by atoms with van der Waals surface area (Å²) in [6.07, 6.45) is 1.06. The van der Waals surface area contributed by atoms with Crippen molar-refractivity contribution in [2.75, 3.05) is 26.0 Å². The smallest absolute Gasteiger partial charge is 0.0417 e. The molecule has 2 heteroatoms. The third-order valence-corrected chi connectivity index (χ3v) is 3.45. The molecular weight excluding hydrogens is 232 g/mol. The van der Waals surface area contributed by atoms with E-state index in [0.717, 1.165) is 13.0 Å². The van der Waals surface area contributed by atoms with Crippen molar-refractivity contribution >= 4 is 5.69 Å². The highest BCUT2D eigenvalue weighted by Crippen LogP contribution is 2.30. The Morgan fingerprint density at radius 2 is 1.74 bits per heavy atom. The van der Waals surface area contributed by atoms with E-state index in [4.69, 9.17) is 0 Å². The Hall–Kier alpha value is -1.80. The monoisotopic (exact) mass is 254 g/mol. The molecule has 19 heavy (non-hydrogen) atoms. The molecule has 0 heterocycles. The topological polar surface area (TPSA) is 24.1 Å². The zero-order valence-electron chi connectivity index (χ0n) is 12.0. The van der Waals surface area contributed by atoms with Gasteiger partial charge in [0.25, 0.3) is 0 Å². The van der Waals surface area contributed by atoms with Gasteiger partial charge < -0.3 is 10.6 Å². The molecule has 2 aromatic carbocycles. The summed E-state index contributed by atoms with van der Waals surface area (Å²) in [7, 11) is 3.96. The first kappa shape index (κ1) is 13.6. The molecule has 0 aliphatic rings. The molecule has 0 radical (unpaired) electrons. The van der Waals surface area contributed by atoms with Crippen LogP contribution < -0.4 is 10.6 Å². The Balaban J connectivity index is 2.42. The molecule has 0 aromatic heterocycles. The average molecular weight is 254 g/mol. The first-order valence-corrected chi connectivity index (χ1v) is 6.77. The second-order valence-electron chi connectivity index (χ2n) is 4.80. The highest BCUT2D eigenvalue weighted by Gasteiger charge is 2.07. The number of rotatable bonds is 5. The molecule has 0 amide bonds. The Morgan fingerprint density at radius 3 is 2.47 bits per heavy atom. The molecule has 2 aromatic rings. The Bertz CT molecular complexity index is 547. The molecule has 2 N–H and O–H groups in total. The number of aryl methyl sites for hydroxylation is 1. The molecule has 0 bridgehead atoms. The second-order valence-corrected chi connectivity index (χ2v) is 4.80. The Morgan fingerprint density at radius 1 is 0.947 bits per heavy atom. The zero-order chi connectivity index (χ0) is 13.7. The van der Waals surface area contributed by atoms with Crippen LogP contribution in [0.3, 0.4) is 0 Å². The third kappa shape index (κ3) is 3.15. The lowest BCUT2D eigenvalue weighted by molar-refractivity contribution is 0.792. The van der Waals surface area contributed by atoms with Crippen molar-refractivity contribution in [1.82, 2.24) is 5.32 Å². The summed E-state index contributed by atoms with van der Waals surface area (Å²) >= 11 is 0. The maximum Gasteiger partial charge on any atom is 0.0417 e. The summed E-state index contributed by atoms with van der Waals surface area (Å²) < 4.78 is 0. The fraction of sp³-hybridized carbons (Fsp3) is 0.294. The van der Waals surface area contributed by atoms with Crippen LogP contribution in [0.15, 0.2) is 42.5 Å². The van der Waals surface area contributed by atoms with Gasteiger partial charge in [0.05, 0.1) is 0 Å². The fourth-order valence-electron chi connectivity index (χ4n) is 2.32. The number of nitrogens with one attached hydrogen (secondary N) is 2. The van der Waals surface area contributed by atoms with Crippen molar-refractivity contribution in [3.63, 3.8) is 0 Å². The van der Waals surface area contributed by atoms with Crippen LogP contribution in [0.2, 0.25) is 0 Å². The second kappa shape index (κ2) is 6.39. The molecule has 0 saturated heterocycles. The van der Waals surface area contributed by atoms with Crippen molar-refractivity contribution in [2.45, 2.75) is 13.3 Å². The van der Waals surface area contributed by atoms with E-state index in [0.29, 0.717) is 0 Å². The fourth-order valence-corrected chi connectivity index (χ4v) is 2.32. The predicted octanol–water partition coefficient (Wildman–Crippen LogP) is 3.47. The minimum atomic E-state index is 1.01. The van der Waals surface area contributed by atoms with Crippen LogP contribution in [0.25, 0.3) is 11.1 Å². The van der Waals surface area contributed by atoms with Crippen molar-refractivity contribution in [1.29, 1.82) is 0 Å². The molecule has 0 spiro atoms. The lowest BCUT2D eigenvalue weighted by atomic mass is 9.96. The van der Waals surface area contributed by atoms with Crippen LogP contribution in [0, 0.1) is 6.92 Å². The summed E-state index contributed by atoms with van der Waals surface area (Å²) in [6, 6.07) is 15.2. The highest BCUT2D eigenvalue weighted by molar-refractivity contribution is 5.80. The van der Waals surface area contributed by atoms with Crippen molar-refractivity contribution in [2.24, 2.45) is 0 Å². The number of para-hydroxylation sites is 1. The van der Waals surface area contributed by atoms with Crippen molar-refractivity contribution < 1.29 is 0 Å². The molecule has 0 aliphatic carbocycles. The van der Waals surface area contributed by atoms with E-state index < -0.39 is 0 Å². The normalized spacial score (nSPS) is 10.5. The van der Waals surface area contributed by atoms with Gasteiger partial charge >= 0.3 is 0 Å². The number of anilines is 1. The van der Waals surface area contributed by atoms with Gasteiger partial charge in [0.15, 0.2) is 0 Å². The van der Waals surface area contributed by atoms with Gasteiger partial charge in [-0.1, -0.05) is 36.4 Å². The molecule has 0 unspecified atom stereocenters.